The van der Waals surface area contributed by atoms with E-state index < -0.39 is 5.60 Å². The second-order valence-corrected chi connectivity index (χ2v) is 10.5. The van der Waals surface area contributed by atoms with Gasteiger partial charge in [-0.15, -0.1) is 10.2 Å². The van der Waals surface area contributed by atoms with Crippen molar-refractivity contribution in [3.05, 3.63) is 42.7 Å². The Balaban J connectivity index is 1.27. The largest absolute Gasteiger partial charge is 0.507 e. The summed E-state index contributed by atoms with van der Waals surface area (Å²) in [5.74, 6) is 0.920. The number of aromatic amines is 1. The highest BCUT2D eigenvalue weighted by atomic mass is 16.6. The Kier molecular flexibility index (Phi) is 5.86. The lowest BCUT2D eigenvalue weighted by atomic mass is 9.96. The van der Waals surface area contributed by atoms with Gasteiger partial charge in [0.05, 0.1) is 11.9 Å². The lowest BCUT2D eigenvalue weighted by molar-refractivity contribution is 0.00597. The summed E-state index contributed by atoms with van der Waals surface area (Å²) in [5, 5.41) is 26.2. The fraction of sp³-hybridized carbons (Fsp3) is 0.462. The number of hydrogen-bond acceptors (Lipinski definition) is 7. The Hall–Kier alpha value is -3.62. The van der Waals surface area contributed by atoms with Crippen LogP contribution in [0.2, 0.25) is 0 Å². The first-order valence-electron chi connectivity index (χ1n) is 12.1. The Morgan fingerprint density at radius 3 is 2.43 bits per heavy atom. The van der Waals surface area contributed by atoms with Crippen molar-refractivity contribution < 1.29 is 14.6 Å². The molecule has 4 heterocycles. The summed E-state index contributed by atoms with van der Waals surface area (Å²) in [6.45, 7) is 5.72. The predicted octanol–water partition coefficient (Wildman–Crippen LogP) is 4.61. The van der Waals surface area contributed by atoms with E-state index in [-0.39, 0.29) is 30.0 Å². The zero-order valence-electron chi connectivity index (χ0n) is 20.6. The molecule has 0 aliphatic carbocycles. The molecule has 35 heavy (non-hydrogen) atoms. The Morgan fingerprint density at radius 1 is 1.11 bits per heavy atom. The van der Waals surface area contributed by atoms with Crippen molar-refractivity contribution in [3.63, 3.8) is 0 Å². The topological polar surface area (TPSA) is 107 Å². The molecule has 2 saturated heterocycles. The molecule has 2 bridgehead atoms. The van der Waals surface area contributed by atoms with E-state index in [0.717, 1.165) is 42.6 Å². The average Bonchev–Trinajstić information content (AvgIpc) is 3.44. The maximum absolute atomic E-state index is 12.8. The molecule has 5 rings (SSSR count). The Labute approximate surface area is 205 Å². The molecule has 2 N–H and O–H groups in total. The van der Waals surface area contributed by atoms with Gasteiger partial charge in [0.15, 0.2) is 5.82 Å². The summed E-state index contributed by atoms with van der Waals surface area (Å²) in [6.07, 6.45) is 7.07. The molecule has 0 radical (unpaired) electrons. The first-order chi connectivity index (χ1) is 16.7. The van der Waals surface area contributed by atoms with E-state index in [1.807, 2.05) is 57.0 Å². The summed E-state index contributed by atoms with van der Waals surface area (Å²) in [5.41, 5.74) is 2.52. The Bertz CT molecular complexity index is 1170. The summed E-state index contributed by atoms with van der Waals surface area (Å²) in [4.78, 5) is 16.9. The number of phenolic OH excluding ortho intramolecular Hbond substituents is 1. The van der Waals surface area contributed by atoms with Crippen molar-refractivity contribution >= 4 is 11.9 Å². The number of anilines is 1. The molecule has 1 amide bonds. The highest BCUT2D eigenvalue weighted by Crippen LogP contribution is 2.39. The third-order valence-electron chi connectivity index (χ3n) is 6.98. The third-order valence-corrected chi connectivity index (χ3v) is 6.98. The molecule has 0 spiro atoms. The number of fused-ring (bicyclic) bond motifs is 2. The van der Waals surface area contributed by atoms with Crippen LogP contribution < -0.4 is 4.90 Å². The summed E-state index contributed by atoms with van der Waals surface area (Å²) in [7, 11) is 2.04. The molecule has 0 saturated carbocycles. The molecule has 2 aromatic heterocycles. The van der Waals surface area contributed by atoms with Crippen molar-refractivity contribution in [2.45, 2.75) is 70.2 Å². The first kappa shape index (κ1) is 23.1. The van der Waals surface area contributed by atoms with Crippen LogP contribution in [0.5, 0.6) is 5.75 Å². The number of ether oxygens (including phenoxy) is 1. The standard InChI is InChI=1S/C26H32N6O3/c1-26(2,3)35-25(34)32-18-6-7-19(32)13-20(12-18)31(4)24-10-9-22(29-30-24)21-8-5-16(11-23(21)33)17-14-27-28-15-17/h5,8-11,14-15,18-20,33H,6-7,12-13H2,1-4H3,(H,27,28). The molecular formula is C26H32N6O3. The average molecular weight is 477 g/mol. The van der Waals surface area contributed by atoms with Crippen molar-refractivity contribution in [2.24, 2.45) is 0 Å². The van der Waals surface area contributed by atoms with E-state index in [2.05, 4.69) is 25.3 Å². The van der Waals surface area contributed by atoms with Crippen LogP contribution >= 0.6 is 0 Å². The molecule has 2 atom stereocenters. The first-order valence-corrected chi connectivity index (χ1v) is 12.1. The minimum Gasteiger partial charge on any atom is -0.507 e. The number of phenols is 1. The fourth-order valence-electron chi connectivity index (χ4n) is 5.26. The number of benzene rings is 1. The number of aromatic nitrogens is 4. The predicted molar refractivity (Wildman–Crippen MR) is 133 cm³/mol. The number of H-pyrrole nitrogens is 1. The van der Waals surface area contributed by atoms with Crippen LogP contribution in [0.25, 0.3) is 22.4 Å². The third kappa shape index (κ3) is 4.67. The number of carbonyl (C=O) groups is 1. The molecule has 2 fully saturated rings. The van der Waals surface area contributed by atoms with Crippen molar-refractivity contribution in [1.29, 1.82) is 0 Å². The summed E-state index contributed by atoms with van der Waals surface area (Å²) in [6, 6.07) is 9.95. The summed E-state index contributed by atoms with van der Waals surface area (Å²) >= 11 is 0. The van der Waals surface area contributed by atoms with Crippen LogP contribution in [0.1, 0.15) is 46.5 Å². The van der Waals surface area contributed by atoms with Crippen molar-refractivity contribution in [3.8, 4) is 28.1 Å². The number of hydrogen-bond donors (Lipinski definition) is 2. The Morgan fingerprint density at radius 2 is 1.86 bits per heavy atom. The van der Waals surface area contributed by atoms with Gasteiger partial charge < -0.3 is 19.6 Å². The number of aromatic hydroxyl groups is 1. The summed E-state index contributed by atoms with van der Waals surface area (Å²) < 4.78 is 5.66. The molecular weight excluding hydrogens is 444 g/mol. The van der Waals surface area contributed by atoms with Crippen molar-refractivity contribution in [2.75, 3.05) is 11.9 Å². The van der Waals surface area contributed by atoms with Crippen molar-refractivity contribution in [1.82, 2.24) is 25.3 Å². The van der Waals surface area contributed by atoms with Crippen LogP contribution in [0, 0.1) is 0 Å². The van der Waals surface area contributed by atoms with Gasteiger partial charge in [-0.3, -0.25) is 5.10 Å². The van der Waals surface area contributed by atoms with Gasteiger partial charge in [0, 0.05) is 42.5 Å². The second-order valence-electron chi connectivity index (χ2n) is 10.5. The molecule has 2 unspecified atom stereocenters. The highest BCUT2D eigenvalue weighted by molar-refractivity contribution is 5.74. The monoisotopic (exact) mass is 476 g/mol. The molecule has 1 aromatic carbocycles. The van der Waals surface area contributed by atoms with Crippen LogP contribution in [0.3, 0.4) is 0 Å². The van der Waals surface area contributed by atoms with Gasteiger partial charge >= 0.3 is 6.09 Å². The number of nitrogens with zero attached hydrogens (tertiary/aromatic N) is 5. The van der Waals surface area contributed by atoms with Gasteiger partial charge in [0.2, 0.25) is 0 Å². The van der Waals surface area contributed by atoms with Gasteiger partial charge in [-0.1, -0.05) is 6.07 Å². The molecule has 2 aliphatic heterocycles. The molecule has 3 aromatic rings. The number of amides is 1. The number of carbonyl (C=O) groups excluding carboxylic acids is 1. The lowest BCUT2D eigenvalue weighted by Crippen LogP contribution is -2.53. The van der Waals surface area contributed by atoms with Gasteiger partial charge in [0.1, 0.15) is 11.4 Å². The van der Waals surface area contributed by atoms with Gasteiger partial charge in [-0.25, -0.2) is 4.79 Å². The zero-order valence-corrected chi connectivity index (χ0v) is 20.6. The van der Waals surface area contributed by atoms with Crippen LogP contribution in [0.15, 0.2) is 42.7 Å². The molecule has 184 valence electrons. The second kappa shape index (κ2) is 8.87. The van der Waals surface area contributed by atoms with Crippen LogP contribution in [-0.4, -0.2) is 67.3 Å². The van der Waals surface area contributed by atoms with Crippen LogP contribution in [-0.2, 0) is 4.74 Å². The maximum Gasteiger partial charge on any atom is 0.410 e. The van der Waals surface area contributed by atoms with E-state index in [4.69, 9.17) is 4.74 Å². The van der Waals surface area contributed by atoms with Gasteiger partial charge in [-0.2, -0.15) is 5.10 Å². The molecule has 9 nitrogen and oxygen atoms in total. The number of rotatable bonds is 4. The minimum atomic E-state index is -0.491. The van der Waals surface area contributed by atoms with E-state index in [0.29, 0.717) is 11.3 Å². The normalized spacial score (nSPS) is 21.7. The van der Waals surface area contributed by atoms with E-state index in [1.165, 1.54) is 0 Å². The fourth-order valence-corrected chi connectivity index (χ4v) is 5.26. The van der Waals surface area contributed by atoms with E-state index >= 15 is 0 Å². The van der Waals surface area contributed by atoms with E-state index in [1.54, 1.807) is 18.5 Å². The van der Waals surface area contributed by atoms with Gasteiger partial charge in [0.25, 0.3) is 0 Å². The number of piperidine rings is 1. The van der Waals surface area contributed by atoms with E-state index in [9.17, 15) is 9.90 Å². The molecule has 9 heteroatoms. The smallest absolute Gasteiger partial charge is 0.410 e. The lowest BCUT2D eigenvalue weighted by Gasteiger charge is -2.42. The highest BCUT2D eigenvalue weighted by Gasteiger charge is 2.45. The quantitative estimate of drug-likeness (QED) is 0.566. The zero-order chi connectivity index (χ0) is 24.7. The maximum atomic E-state index is 12.8. The minimum absolute atomic E-state index is 0.144. The number of nitrogens with one attached hydrogen (secondary N) is 1. The SMILES string of the molecule is CN(c1ccc(-c2ccc(-c3cn[nH]c3)cc2O)nn1)C1CC2CCC(C1)N2C(=O)OC(C)(C)C. The van der Waals surface area contributed by atoms with Gasteiger partial charge in [-0.05, 0) is 76.3 Å². The molecule has 2 aliphatic rings. The van der Waals surface area contributed by atoms with Crippen LogP contribution in [0.4, 0.5) is 10.6 Å².